The van der Waals surface area contributed by atoms with E-state index in [0.29, 0.717) is 31.3 Å². The van der Waals surface area contributed by atoms with Gasteiger partial charge in [0.05, 0.1) is 20.3 Å². The van der Waals surface area contributed by atoms with Gasteiger partial charge in [0.1, 0.15) is 18.1 Å². The largest absolute Gasteiger partial charge is 0.497 e. The fraction of sp³-hybridized carbons (Fsp3) is 0.316. The van der Waals surface area contributed by atoms with Gasteiger partial charge in [-0.05, 0) is 31.2 Å². The van der Waals surface area contributed by atoms with Gasteiger partial charge in [0, 0.05) is 30.1 Å². The summed E-state index contributed by atoms with van der Waals surface area (Å²) in [5.41, 5.74) is 1.51. The van der Waals surface area contributed by atoms with Crippen LogP contribution in [0.25, 0.3) is 0 Å². The zero-order valence-electron chi connectivity index (χ0n) is 14.6. The number of nitrogens with one attached hydrogen (secondary N) is 2. The summed E-state index contributed by atoms with van der Waals surface area (Å²) in [7, 11) is 1.61. The molecule has 0 aromatic heterocycles. The fourth-order valence-corrected chi connectivity index (χ4v) is 2.15. The van der Waals surface area contributed by atoms with Crippen LogP contribution in [0.15, 0.2) is 48.5 Å². The number of hydrogen-bond acceptors (Lipinski definition) is 5. The van der Waals surface area contributed by atoms with E-state index in [4.69, 9.17) is 14.2 Å². The van der Waals surface area contributed by atoms with Crippen molar-refractivity contribution in [3.8, 4) is 11.5 Å². The highest BCUT2D eigenvalue weighted by Gasteiger charge is 2.04. The number of anilines is 2. The molecule has 2 N–H and O–H groups in total. The molecule has 0 aliphatic rings. The molecule has 0 bridgehead atoms. The maximum absolute atomic E-state index is 12.1. The van der Waals surface area contributed by atoms with Gasteiger partial charge in [0.15, 0.2) is 0 Å². The Morgan fingerprint density at radius 1 is 1.00 bits per heavy atom. The zero-order valence-corrected chi connectivity index (χ0v) is 14.6. The third-order valence-electron chi connectivity index (χ3n) is 3.34. The highest BCUT2D eigenvalue weighted by atomic mass is 16.5. The molecule has 0 aliphatic carbocycles. The van der Waals surface area contributed by atoms with Crippen molar-refractivity contribution >= 4 is 17.3 Å². The zero-order chi connectivity index (χ0) is 17.9. The van der Waals surface area contributed by atoms with Crippen LogP contribution in [0.1, 0.15) is 6.92 Å². The quantitative estimate of drug-likeness (QED) is 0.648. The highest BCUT2D eigenvalue weighted by Crippen LogP contribution is 2.18. The van der Waals surface area contributed by atoms with E-state index in [2.05, 4.69) is 10.6 Å². The van der Waals surface area contributed by atoms with Gasteiger partial charge in [0.2, 0.25) is 5.91 Å². The number of benzene rings is 2. The van der Waals surface area contributed by atoms with Crippen LogP contribution in [0.4, 0.5) is 11.4 Å². The first-order chi connectivity index (χ1) is 12.2. The van der Waals surface area contributed by atoms with Crippen LogP contribution in [0, 0.1) is 0 Å². The Kier molecular flexibility index (Phi) is 7.59. The Balaban J connectivity index is 1.81. The Labute approximate surface area is 148 Å². The molecule has 2 aromatic carbocycles. The third-order valence-corrected chi connectivity index (χ3v) is 3.34. The van der Waals surface area contributed by atoms with Crippen LogP contribution in [-0.4, -0.2) is 39.4 Å². The summed E-state index contributed by atoms with van der Waals surface area (Å²) in [5.74, 6) is 1.29. The molecule has 25 heavy (non-hydrogen) atoms. The Hall–Kier alpha value is -2.73. The molecule has 134 valence electrons. The molecule has 6 nitrogen and oxygen atoms in total. The lowest BCUT2D eigenvalue weighted by atomic mass is 10.3. The number of amides is 1. The van der Waals surface area contributed by atoms with Crippen molar-refractivity contribution in [1.29, 1.82) is 0 Å². The van der Waals surface area contributed by atoms with Crippen molar-refractivity contribution in [2.24, 2.45) is 0 Å². The monoisotopic (exact) mass is 344 g/mol. The lowest BCUT2D eigenvalue weighted by Gasteiger charge is -2.10. The van der Waals surface area contributed by atoms with Crippen molar-refractivity contribution in [2.75, 3.05) is 44.1 Å². The molecule has 0 atom stereocenters. The van der Waals surface area contributed by atoms with Crippen molar-refractivity contribution in [3.63, 3.8) is 0 Å². The standard InChI is InChI=1S/C19H24N2O4/c1-3-24-10-11-25-18-9-5-7-16(13-18)21-19(22)14-20-15-6-4-8-17(12-15)23-2/h4-9,12-13,20H,3,10-11,14H2,1-2H3,(H,21,22). The van der Waals surface area contributed by atoms with E-state index in [0.717, 1.165) is 11.4 Å². The van der Waals surface area contributed by atoms with Crippen LogP contribution >= 0.6 is 0 Å². The van der Waals surface area contributed by atoms with Gasteiger partial charge in [-0.3, -0.25) is 4.79 Å². The number of rotatable bonds is 10. The summed E-state index contributed by atoms with van der Waals surface area (Å²) in [6.07, 6.45) is 0. The normalized spacial score (nSPS) is 10.2. The second kappa shape index (κ2) is 10.2. The topological polar surface area (TPSA) is 68.8 Å². The van der Waals surface area contributed by atoms with Gasteiger partial charge in [-0.25, -0.2) is 0 Å². The minimum Gasteiger partial charge on any atom is -0.497 e. The molecule has 0 saturated heterocycles. The maximum atomic E-state index is 12.1. The molecule has 0 unspecified atom stereocenters. The van der Waals surface area contributed by atoms with E-state index in [1.165, 1.54) is 0 Å². The van der Waals surface area contributed by atoms with Gasteiger partial charge in [-0.15, -0.1) is 0 Å². The smallest absolute Gasteiger partial charge is 0.243 e. The van der Waals surface area contributed by atoms with E-state index in [1.807, 2.05) is 49.4 Å². The van der Waals surface area contributed by atoms with E-state index < -0.39 is 0 Å². The van der Waals surface area contributed by atoms with E-state index in [-0.39, 0.29) is 12.5 Å². The Bertz CT molecular complexity index is 676. The molecule has 0 saturated carbocycles. The van der Waals surface area contributed by atoms with E-state index in [9.17, 15) is 4.79 Å². The number of hydrogen-bond donors (Lipinski definition) is 2. The molecular formula is C19H24N2O4. The van der Waals surface area contributed by atoms with Crippen LogP contribution in [0.2, 0.25) is 0 Å². The van der Waals surface area contributed by atoms with Gasteiger partial charge in [0.25, 0.3) is 0 Å². The second-order valence-electron chi connectivity index (χ2n) is 5.21. The molecule has 0 radical (unpaired) electrons. The van der Waals surface area contributed by atoms with Crippen molar-refractivity contribution < 1.29 is 19.0 Å². The molecule has 1 amide bonds. The molecule has 2 rings (SSSR count). The first-order valence-electron chi connectivity index (χ1n) is 8.19. The lowest BCUT2D eigenvalue weighted by molar-refractivity contribution is -0.114. The second-order valence-corrected chi connectivity index (χ2v) is 5.21. The van der Waals surface area contributed by atoms with Crippen LogP contribution in [0.5, 0.6) is 11.5 Å². The summed E-state index contributed by atoms with van der Waals surface area (Å²) in [6, 6.07) is 14.7. The number of methoxy groups -OCH3 is 1. The van der Waals surface area contributed by atoms with Crippen molar-refractivity contribution in [2.45, 2.75) is 6.92 Å². The SMILES string of the molecule is CCOCCOc1cccc(NC(=O)CNc2cccc(OC)c2)c1. The number of carbonyl (C=O) groups is 1. The molecule has 0 fully saturated rings. The van der Waals surface area contributed by atoms with Crippen LogP contribution in [0.3, 0.4) is 0 Å². The minimum atomic E-state index is -0.144. The van der Waals surface area contributed by atoms with Crippen molar-refractivity contribution in [3.05, 3.63) is 48.5 Å². The van der Waals surface area contributed by atoms with E-state index in [1.54, 1.807) is 13.2 Å². The molecular weight excluding hydrogens is 320 g/mol. The van der Waals surface area contributed by atoms with Gasteiger partial charge >= 0.3 is 0 Å². The third kappa shape index (κ3) is 6.73. The fourth-order valence-electron chi connectivity index (χ4n) is 2.15. The highest BCUT2D eigenvalue weighted by molar-refractivity contribution is 5.93. The van der Waals surface area contributed by atoms with Crippen molar-refractivity contribution in [1.82, 2.24) is 0 Å². The lowest BCUT2D eigenvalue weighted by Crippen LogP contribution is -2.21. The van der Waals surface area contributed by atoms with Gasteiger partial charge < -0.3 is 24.8 Å². The minimum absolute atomic E-state index is 0.144. The first kappa shape index (κ1) is 18.6. The summed E-state index contributed by atoms with van der Waals surface area (Å²) in [5, 5.41) is 5.90. The average Bonchev–Trinajstić information content (AvgIpc) is 2.64. The summed E-state index contributed by atoms with van der Waals surface area (Å²) >= 11 is 0. The molecule has 0 heterocycles. The van der Waals surface area contributed by atoms with E-state index >= 15 is 0 Å². The number of ether oxygens (including phenoxy) is 3. The maximum Gasteiger partial charge on any atom is 0.243 e. The average molecular weight is 344 g/mol. The Morgan fingerprint density at radius 2 is 1.72 bits per heavy atom. The molecule has 2 aromatic rings. The molecule has 0 aliphatic heterocycles. The van der Waals surface area contributed by atoms with Crippen LogP contribution < -0.4 is 20.1 Å². The summed E-state index contributed by atoms with van der Waals surface area (Å²) in [4.78, 5) is 12.1. The predicted octanol–water partition coefficient (Wildman–Crippen LogP) is 3.16. The van der Waals surface area contributed by atoms with Crippen LogP contribution in [-0.2, 0) is 9.53 Å². The Morgan fingerprint density at radius 3 is 2.48 bits per heavy atom. The number of carbonyl (C=O) groups excluding carboxylic acids is 1. The first-order valence-corrected chi connectivity index (χ1v) is 8.19. The summed E-state index contributed by atoms with van der Waals surface area (Å²) in [6.45, 7) is 3.78. The summed E-state index contributed by atoms with van der Waals surface area (Å²) < 4.78 is 16.0. The molecule has 6 heteroatoms. The molecule has 0 spiro atoms. The predicted molar refractivity (Wildman–Crippen MR) is 98.5 cm³/mol. The van der Waals surface area contributed by atoms with Gasteiger partial charge in [-0.2, -0.15) is 0 Å². The van der Waals surface area contributed by atoms with Gasteiger partial charge in [-0.1, -0.05) is 12.1 Å².